The summed E-state index contributed by atoms with van der Waals surface area (Å²) in [6.45, 7) is -0.242. The van der Waals surface area contributed by atoms with E-state index in [2.05, 4.69) is 10.1 Å². The molecule has 0 saturated carbocycles. The molecule has 0 radical (unpaired) electrons. The standard InChI is InChI=1S/C12H11N3O3/c13-9(5-16)12-14-11(15-18-12)8-6-17-10-4-2-1-3-7(8)10/h1-4,6,9,16H,5,13H2/t9-/m0/s1. The van der Waals surface area contributed by atoms with E-state index in [9.17, 15) is 0 Å². The number of nitrogens with two attached hydrogens (primary N) is 1. The number of aliphatic hydroxyl groups excluding tert-OH is 1. The highest BCUT2D eigenvalue weighted by Gasteiger charge is 2.17. The zero-order chi connectivity index (χ0) is 12.5. The highest BCUT2D eigenvalue weighted by molar-refractivity contribution is 5.91. The average molecular weight is 245 g/mol. The SMILES string of the molecule is N[C@@H](CO)c1nc(-c2coc3ccccc23)no1. The Kier molecular flexibility index (Phi) is 2.58. The maximum atomic E-state index is 8.93. The number of hydrogen-bond acceptors (Lipinski definition) is 6. The molecule has 0 fully saturated rings. The highest BCUT2D eigenvalue weighted by Crippen LogP contribution is 2.28. The summed E-state index contributed by atoms with van der Waals surface area (Å²) in [6, 6.07) is 6.90. The number of rotatable bonds is 3. The van der Waals surface area contributed by atoms with E-state index in [0.717, 1.165) is 16.5 Å². The number of fused-ring (bicyclic) bond motifs is 1. The van der Waals surface area contributed by atoms with Crippen LogP contribution in [0.25, 0.3) is 22.4 Å². The van der Waals surface area contributed by atoms with Gasteiger partial charge in [0.2, 0.25) is 11.7 Å². The van der Waals surface area contributed by atoms with Crippen LogP contribution in [0.2, 0.25) is 0 Å². The molecule has 18 heavy (non-hydrogen) atoms. The normalized spacial score (nSPS) is 13.0. The van der Waals surface area contributed by atoms with Crippen LogP contribution in [0, 0.1) is 0 Å². The molecule has 0 aliphatic carbocycles. The first-order chi connectivity index (χ1) is 8.79. The molecule has 6 nitrogen and oxygen atoms in total. The molecule has 0 bridgehead atoms. The smallest absolute Gasteiger partial charge is 0.246 e. The third-order valence-corrected chi connectivity index (χ3v) is 2.68. The van der Waals surface area contributed by atoms with E-state index < -0.39 is 6.04 Å². The molecule has 92 valence electrons. The number of nitrogens with zero attached hydrogens (tertiary/aromatic N) is 2. The lowest BCUT2D eigenvalue weighted by Gasteiger charge is -1.98. The first-order valence-electron chi connectivity index (χ1n) is 5.46. The number of hydrogen-bond donors (Lipinski definition) is 2. The monoisotopic (exact) mass is 245 g/mol. The highest BCUT2D eigenvalue weighted by atomic mass is 16.5. The predicted octanol–water partition coefficient (Wildman–Crippen LogP) is 1.47. The molecule has 0 aliphatic rings. The molecule has 6 heteroatoms. The second-order valence-corrected chi connectivity index (χ2v) is 3.89. The Labute approximate surface area is 102 Å². The number of aromatic nitrogens is 2. The van der Waals surface area contributed by atoms with Gasteiger partial charge in [0.05, 0.1) is 12.2 Å². The van der Waals surface area contributed by atoms with Crippen LogP contribution in [0.5, 0.6) is 0 Å². The summed E-state index contributed by atoms with van der Waals surface area (Å²) < 4.78 is 10.4. The van der Waals surface area contributed by atoms with Gasteiger partial charge in [0.1, 0.15) is 17.9 Å². The minimum atomic E-state index is -0.663. The van der Waals surface area contributed by atoms with Crippen molar-refractivity contribution in [3.63, 3.8) is 0 Å². The molecule has 0 spiro atoms. The van der Waals surface area contributed by atoms with Crippen molar-refractivity contribution >= 4 is 11.0 Å². The van der Waals surface area contributed by atoms with Gasteiger partial charge in [-0.05, 0) is 6.07 Å². The fraction of sp³-hybridized carbons (Fsp3) is 0.167. The molecule has 0 amide bonds. The molecule has 0 aliphatic heterocycles. The van der Waals surface area contributed by atoms with Crippen molar-refractivity contribution in [1.82, 2.24) is 10.1 Å². The molecule has 3 aromatic rings. The fourth-order valence-electron chi connectivity index (χ4n) is 1.72. The molecular weight excluding hydrogens is 234 g/mol. The third kappa shape index (κ3) is 1.68. The topological polar surface area (TPSA) is 98.3 Å². The first-order valence-corrected chi connectivity index (χ1v) is 5.46. The van der Waals surface area contributed by atoms with Crippen molar-refractivity contribution in [2.75, 3.05) is 6.61 Å². The van der Waals surface area contributed by atoms with Crippen molar-refractivity contribution in [1.29, 1.82) is 0 Å². The van der Waals surface area contributed by atoms with E-state index in [1.807, 2.05) is 24.3 Å². The van der Waals surface area contributed by atoms with Crippen LogP contribution in [-0.4, -0.2) is 21.9 Å². The van der Waals surface area contributed by atoms with Gasteiger partial charge in [-0.15, -0.1) is 0 Å². The van der Waals surface area contributed by atoms with E-state index in [1.54, 1.807) is 6.26 Å². The Morgan fingerprint density at radius 1 is 1.33 bits per heavy atom. The predicted molar refractivity (Wildman–Crippen MR) is 63.5 cm³/mol. The van der Waals surface area contributed by atoms with Crippen LogP contribution >= 0.6 is 0 Å². The van der Waals surface area contributed by atoms with E-state index in [1.165, 1.54) is 0 Å². The van der Waals surface area contributed by atoms with Crippen molar-refractivity contribution in [3.8, 4) is 11.4 Å². The van der Waals surface area contributed by atoms with Gasteiger partial charge in [-0.1, -0.05) is 23.4 Å². The van der Waals surface area contributed by atoms with Gasteiger partial charge in [-0.3, -0.25) is 0 Å². The molecule has 2 aromatic heterocycles. The lowest BCUT2D eigenvalue weighted by Crippen LogP contribution is -2.14. The van der Waals surface area contributed by atoms with E-state index >= 15 is 0 Å². The Morgan fingerprint density at radius 2 is 2.17 bits per heavy atom. The summed E-state index contributed by atoms with van der Waals surface area (Å²) in [6.07, 6.45) is 1.57. The summed E-state index contributed by atoms with van der Waals surface area (Å²) >= 11 is 0. The van der Waals surface area contributed by atoms with Crippen LogP contribution in [0.1, 0.15) is 11.9 Å². The number of para-hydroxylation sites is 1. The molecule has 1 aromatic carbocycles. The third-order valence-electron chi connectivity index (χ3n) is 2.68. The average Bonchev–Trinajstić information content (AvgIpc) is 3.03. The van der Waals surface area contributed by atoms with Crippen molar-refractivity contribution in [3.05, 3.63) is 36.4 Å². The first kappa shape index (κ1) is 10.9. The maximum absolute atomic E-state index is 8.93. The van der Waals surface area contributed by atoms with Gasteiger partial charge in [-0.25, -0.2) is 0 Å². The van der Waals surface area contributed by atoms with Crippen LogP contribution < -0.4 is 5.73 Å². The molecule has 3 N–H and O–H groups in total. The Bertz CT molecular complexity index is 674. The van der Waals surface area contributed by atoms with Gasteiger partial charge in [-0.2, -0.15) is 4.98 Å². The summed E-state index contributed by atoms with van der Waals surface area (Å²) in [5.74, 6) is 0.608. The van der Waals surface area contributed by atoms with Crippen LogP contribution in [0.15, 0.2) is 39.5 Å². The molecule has 3 rings (SSSR count). The zero-order valence-corrected chi connectivity index (χ0v) is 9.41. The number of furan rings is 1. The van der Waals surface area contributed by atoms with E-state index in [0.29, 0.717) is 5.82 Å². The van der Waals surface area contributed by atoms with Gasteiger partial charge < -0.3 is 19.8 Å². The van der Waals surface area contributed by atoms with Crippen molar-refractivity contribution < 1.29 is 14.0 Å². The lowest BCUT2D eigenvalue weighted by molar-refractivity contribution is 0.237. The maximum Gasteiger partial charge on any atom is 0.246 e. The van der Waals surface area contributed by atoms with Gasteiger partial charge in [0.25, 0.3) is 0 Å². The summed E-state index contributed by atoms with van der Waals surface area (Å²) in [5, 5.41) is 13.7. The second kappa shape index (κ2) is 4.25. The second-order valence-electron chi connectivity index (χ2n) is 3.89. The Balaban J connectivity index is 2.07. The molecule has 2 heterocycles. The number of benzene rings is 1. The van der Waals surface area contributed by atoms with Gasteiger partial charge in [0, 0.05) is 5.39 Å². The summed E-state index contributed by atoms with van der Waals surface area (Å²) in [4.78, 5) is 4.15. The van der Waals surface area contributed by atoms with E-state index in [4.69, 9.17) is 19.8 Å². The van der Waals surface area contributed by atoms with Crippen LogP contribution in [-0.2, 0) is 0 Å². The van der Waals surface area contributed by atoms with Gasteiger partial charge >= 0.3 is 0 Å². The number of aliphatic hydroxyl groups is 1. The molecule has 0 unspecified atom stereocenters. The summed E-state index contributed by atoms with van der Waals surface area (Å²) in [5.41, 5.74) is 7.10. The summed E-state index contributed by atoms with van der Waals surface area (Å²) in [7, 11) is 0. The van der Waals surface area contributed by atoms with E-state index in [-0.39, 0.29) is 12.5 Å². The quantitative estimate of drug-likeness (QED) is 0.725. The van der Waals surface area contributed by atoms with Crippen molar-refractivity contribution in [2.45, 2.75) is 6.04 Å². The molecule has 0 saturated heterocycles. The van der Waals surface area contributed by atoms with Gasteiger partial charge in [0.15, 0.2) is 0 Å². The minimum absolute atomic E-state index is 0.206. The van der Waals surface area contributed by atoms with Crippen molar-refractivity contribution in [2.24, 2.45) is 5.73 Å². The lowest BCUT2D eigenvalue weighted by atomic mass is 10.2. The Morgan fingerprint density at radius 3 is 3.00 bits per heavy atom. The largest absolute Gasteiger partial charge is 0.464 e. The fourth-order valence-corrected chi connectivity index (χ4v) is 1.72. The van der Waals surface area contributed by atoms with Crippen LogP contribution in [0.3, 0.4) is 0 Å². The van der Waals surface area contributed by atoms with Crippen LogP contribution in [0.4, 0.5) is 0 Å². The zero-order valence-electron chi connectivity index (χ0n) is 9.41. The molecule has 1 atom stereocenters. The minimum Gasteiger partial charge on any atom is -0.464 e. The Hall–Kier alpha value is -2.18. The molecular formula is C12H11N3O3.